The van der Waals surface area contributed by atoms with Crippen molar-refractivity contribution in [3.05, 3.63) is 28.9 Å². The van der Waals surface area contributed by atoms with Gasteiger partial charge in [-0.2, -0.15) is 5.10 Å². The summed E-state index contributed by atoms with van der Waals surface area (Å²) in [6.45, 7) is 0. The van der Waals surface area contributed by atoms with E-state index in [9.17, 15) is 9.90 Å². The lowest BCUT2D eigenvalue weighted by atomic mass is 10.1. The maximum atomic E-state index is 10.6. The van der Waals surface area contributed by atoms with Crippen LogP contribution in [-0.2, 0) is 11.8 Å². The van der Waals surface area contributed by atoms with Gasteiger partial charge >= 0.3 is 5.97 Å². The fraction of sp³-hybridized carbons (Fsp3) is 0.200. The van der Waals surface area contributed by atoms with Gasteiger partial charge in [-0.25, -0.2) is 4.79 Å². The van der Waals surface area contributed by atoms with Crippen LogP contribution in [-0.4, -0.2) is 26.0 Å². The van der Waals surface area contributed by atoms with Gasteiger partial charge in [-0.05, 0) is 17.7 Å². The minimum Gasteiger partial charge on any atom is -0.479 e. The number of carboxylic acids is 1. The average molecular weight is 241 g/mol. The number of aliphatic hydroxyl groups is 1. The monoisotopic (exact) mass is 240 g/mol. The molecule has 0 saturated heterocycles. The van der Waals surface area contributed by atoms with Gasteiger partial charge < -0.3 is 10.2 Å². The van der Waals surface area contributed by atoms with Crippen molar-refractivity contribution in [3.63, 3.8) is 0 Å². The average Bonchev–Trinajstić information content (AvgIpc) is 2.53. The lowest BCUT2D eigenvalue weighted by molar-refractivity contribution is -0.146. The van der Waals surface area contributed by atoms with Crippen LogP contribution >= 0.6 is 11.6 Å². The number of carbonyl (C=O) groups is 1. The Morgan fingerprint density at radius 3 is 2.88 bits per heavy atom. The van der Waals surface area contributed by atoms with Crippen LogP contribution in [0.3, 0.4) is 0 Å². The zero-order chi connectivity index (χ0) is 11.9. The van der Waals surface area contributed by atoms with Crippen LogP contribution in [0.25, 0.3) is 10.9 Å². The first kappa shape index (κ1) is 10.9. The third-order valence-electron chi connectivity index (χ3n) is 2.38. The number of carboxylic acid groups (broad SMARTS) is 1. The second-order valence-electron chi connectivity index (χ2n) is 3.43. The van der Waals surface area contributed by atoms with E-state index in [1.54, 1.807) is 23.9 Å². The van der Waals surface area contributed by atoms with E-state index >= 15 is 0 Å². The number of nitrogens with zero attached hydrogens (tertiary/aromatic N) is 2. The minimum atomic E-state index is -1.54. The van der Waals surface area contributed by atoms with E-state index < -0.39 is 12.1 Å². The summed E-state index contributed by atoms with van der Waals surface area (Å²) in [5.41, 5.74) is 1.07. The summed E-state index contributed by atoms with van der Waals surface area (Å²) in [6, 6.07) is 4.75. The van der Waals surface area contributed by atoms with E-state index in [0.29, 0.717) is 5.39 Å². The molecule has 6 heteroatoms. The van der Waals surface area contributed by atoms with Gasteiger partial charge in [0.2, 0.25) is 0 Å². The van der Waals surface area contributed by atoms with E-state index in [-0.39, 0.29) is 10.7 Å². The summed E-state index contributed by atoms with van der Waals surface area (Å²) in [7, 11) is 1.74. The Balaban J connectivity index is 2.60. The zero-order valence-corrected chi connectivity index (χ0v) is 9.14. The molecule has 0 saturated carbocycles. The molecule has 0 bridgehead atoms. The molecular formula is C10H9ClN2O3. The third-order valence-corrected chi connectivity index (χ3v) is 2.66. The van der Waals surface area contributed by atoms with Crippen molar-refractivity contribution in [3.8, 4) is 0 Å². The first-order chi connectivity index (χ1) is 7.50. The van der Waals surface area contributed by atoms with Gasteiger partial charge in [-0.1, -0.05) is 17.7 Å². The van der Waals surface area contributed by atoms with Gasteiger partial charge in [0.15, 0.2) is 11.3 Å². The molecule has 1 aromatic carbocycles. The maximum Gasteiger partial charge on any atom is 0.337 e. The summed E-state index contributed by atoms with van der Waals surface area (Å²) < 4.78 is 1.59. The number of hydrogen-bond donors (Lipinski definition) is 2. The molecule has 1 aromatic heterocycles. The smallest absolute Gasteiger partial charge is 0.337 e. The summed E-state index contributed by atoms with van der Waals surface area (Å²) in [6.07, 6.45) is -1.54. The molecule has 0 aliphatic heterocycles. The Kier molecular flexibility index (Phi) is 2.57. The number of aryl methyl sites for hydroxylation is 1. The number of aromatic nitrogens is 2. The van der Waals surface area contributed by atoms with E-state index in [0.717, 1.165) is 5.52 Å². The van der Waals surface area contributed by atoms with Crippen LogP contribution in [0.4, 0.5) is 0 Å². The molecule has 84 valence electrons. The lowest BCUT2D eigenvalue weighted by Crippen LogP contribution is -2.10. The van der Waals surface area contributed by atoms with Gasteiger partial charge in [-0.3, -0.25) is 4.68 Å². The highest BCUT2D eigenvalue weighted by Gasteiger charge is 2.17. The van der Waals surface area contributed by atoms with Gasteiger partial charge in [0.1, 0.15) is 0 Å². The zero-order valence-electron chi connectivity index (χ0n) is 8.38. The van der Waals surface area contributed by atoms with E-state index in [1.807, 2.05) is 0 Å². The largest absolute Gasteiger partial charge is 0.479 e. The second-order valence-corrected chi connectivity index (χ2v) is 3.79. The van der Waals surface area contributed by atoms with Crippen molar-refractivity contribution in [2.45, 2.75) is 6.10 Å². The molecule has 1 unspecified atom stereocenters. The number of aliphatic carboxylic acids is 1. The lowest BCUT2D eigenvalue weighted by Gasteiger charge is -2.05. The van der Waals surface area contributed by atoms with Crippen molar-refractivity contribution in [2.75, 3.05) is 0 Å². The molecule has 0 aliphatic carbocycles. The molecule has 0 amide bonds. The number of fused-ring (bicyclic) bond motifs is 1. The molecule has 1 heterocycles. The Bertz CT molecular complexity index is 564. The van der Waals surface area contributed by atoms with Crippen LogP contribution in [0, 0.1) is 0 Å². The van der Waals surface area contributed by atoms with Gasteiger partial charge in [0.05, 0.1) is 5.52 Å². The van der Waals surface area contributed by atoms with Crippen LogP contribution < -0.4 is 0 Å². The highest BCUT2D eigenvalue weighted by atomic mass is 35.5. The Morgan fingerprint density at radius 2 is 2.25 bits per heavy atom. The molecule has 0 spiro atoms. The molecular weight excluding hydrogens is 232 g/mol. The van der Waals surface area contributed by atoms with Gasteiger partial charge in [0, 0.05) is 12.4 Å². The molecule has 5 nitrogen and oxygen atoms in total. The van der Waals surface area contributed by atoms with Crippen molar-refractivity contribution in [2.24, 2.45) is 7.05 Å². The van der Waals surface area contributed by atoms with Crippen molar-refractivity contribution >= 4 is 28.5 Å². The Hall–Kier alpha value is -1.59. The second kappa shape index (κ2) is 3.77. The molecule has 2 N–H and O–H groups in total. The third kappa shape index (κ3) is 1.64. The van der Waals surface area contributed by atoms with E-state index in [2.05, 4.69) is 5.10 Å². The van der Waals surface area contributed by atoms with Gasteiger partial charge in [0.25, 0.3) is 0 Å². The number of aliphatic hydroxyl groups excluding tert-OH is 1. The minimum absolute atomic E-state index is 0.287. The predicted octanol–water partition coefficient (Wildman–Crippen LogP) is 1.34. The maximum absolute atomic E-state index is 10.6. The number of hydrogen-bond acceptors (Lipinski definition) is 3. The highest BCUT2D eigenvalue weighted by molar-refractivity contribution is 6.34. The van der Waals surface area contributed by atoms with Crippen LogP contribution in [0.1, 0.15) is 11.7 Å². The van der Waals surface area contributed by atoms with E-state index in [4.69, 9.17) is 16.7 Å². The van der Waals surface area contributed by atoms with Crippen molar-refractivity contribution in [1.82, 2.24) is 9.78 Å². The number of rotatable bonds is 2. The normalized spacial score (nSPS) is 12.9. The Morgan fingerprint density at radius 1 is 1.56 bits per heavy atom. The van der Waals surface area contributed by atoms with Gasteiger partial charge in [-0.15, -0.1) is 0 Å². The quantitative estimate of drug-likeness (QED) is 0.831. The molecule has 16 heavy (non-hydrogen) atoms. The summed E-state index contributed by atoms with van der Waals surface area (Å²) in [5, 5.41) is 23.0. The molecule has 2 aromatic rings. The Labute approximate surface area is 95.9 Å². The van der Waals surface area contributed by atoms with Crippen LogP contribution in [0.5, 0.6) is 0 Å². The predicted molar refractivity (Wildman–Crippen MR) is 58.3 cm³/mol. The SMILES string of the molecule is Cn1nc(Cl)c2cc(C(O)C(=O)O)ccc21. The van der Waals surface area contributed by atoms with Crippen LogP contribution in [0.15, 0.2) is 18.2 Å². The number of halogens is 1. The standard InChI is InChI=1S/C10H9ClN2O3/c1-13-7-3-2-5(8(14)10(15)16)4-6(7)9(11)12-13/h2-4,8,14H,1H3,(H,15,16). The molecule has 2 rings (SSSR count). The molecule has 0 fully saturated rings. The van der Waals surface area contributed by atoms with Crippen LogP contribution in [0.2, 0.25) is 5.15 Å². The fourth-order valence-electron chi connectivity index (χ4n) is 1.55. The summed E-state index contributed by atoms with van der Waals surface area (Å²) >= 11 is 5.87. The number of benzene rings is 1. The first-order valence-corrected chi connectivity index (χ1v) is 4.91. The van der Waals surface area contributed by atoms with E-state index in [1.165, 1.54) is 6.07 Å². The summed E-state index contributed by atoms with van der Waals surface area (Å²) in [4.78, 5) is 10.6. The highest BCUT2D eigenvalue weighted by Crippen LogP contribution is 2.25. The van der Waals surface area contributed by atoms with Crippen molar-refractivity contribution in [1.29, 1.82) is 0 Å². The molecule has 0 radical (unpaired) electrons. The first-order valence-electron chi connectivity index (χ1n) is 4.53. The fourth-order valence-corrected chi connectivity index (χ4v) is 1.82. The topological polar surface area (TPSA) is 75.3 Å². The van der Waals surface area contributed by atoms with Crippen molar-refractivity contribution < 1.29 is 15.0 Å². The summed E-state index contributed by atoms with van der Waals surface area (Å²) in [5.74, 6) is -1.29. The molecule has 0 aliphatic rings. The molecule has 1 atom stereocenters.